The highest BCUT2D eigenvalue weighted by molar-refractivity contribution is 5.70. The van der Waals surface area contributed by atoms with Gasteiger partial charge < -0.3 is 14.2 Å². The van der Waals surface area contributed by atoms with Gasteiger partial charge in [0.2, 0.25) is 11.6 Å². The summed E-state index contributed by atoms with van der Waals surface area (Å²) in [6, 6.07) is 6.36. The van der Waals surface area contributed by atoms with E-state index in [1.54, 1.807) is 12.1 Å². The SMILES string of the molecule is CCCCC[C@H]1CC[C@H](C(=CCOCC=C(c2ccc(OCCC)c(F)c2F)[C@H]2CC[C@H](CCCCC)CC2)c2ccc(OCCC)c(F)c2F)CC1. The lowest BCUT2D eigenvalue weighted by atomic mass is 9.75. The van der Waals surface area contributed by atoms with Crippen LogP contribution in [0.1, 0.15) is 154 Å². The van der Waals surface area contributed by atoms with Gasteiger partial charge in [-0.1, -0.05) is 91.2 Å². The number of unbranched alkanes of at least 4 members (excludes halogenated alkanes) is 4. The van der Waals surface area contributed by atoms with Gasteiger partial charge in [0.25, 0.3) is 0 Å². The van der Waals surface area contributed by atoms with Gasteiger partial charge >= 0.3 is 0 Å². The molecule has 2 aromatic rings. The monoisotopic (exact) mass is 742 g/mol. The molecule has 0 radical (unpaired) electrons. The maximum atomic E-state index is 15.7. The van der Waals surface area contributed by atoms with Crippen LogP contribution >= 0.6 is 0 Å². The average Bonchev–Trinajstić information content (AvgIpc) is 3.17. The second-order valence-electron chi connectivity index (χ2n) is 15.5. The van der Waals surface area contributed by atoms with E-state index in [1.165, 1.54) is 63.5 Å². The fourth-order valence-corrected chi connectivity index (χ4v) is 8.41. The van der Waals surface area contributed by atoms with Crippen molar-refractivity contribution < 1.29 is 31.8 Å². The van der Waals surface area contributed by atoms with Crippen LogP contribution in [0.3, 0.4) is 0 Å². The minimum atomic E-state index is -0.955. The van der Waals surface area contributed by atoms with E-state index in [2.05, 4.69) is 13.8 Å². The molecule has 0 aromatic heterocycles. The van der Waals surface area contributed by atoms with E-state index in [0.717, 1.165) is 62.5 Å². The number of ether oxygens (including phenoxy) is 3. The van der Waals surface area contributed by atoms with Gasteiger partial charge in [-0.2, -0.15) is 8.78 Å². The van der Waals surface area contributed by atoms with Gasteiger partial charge in [0.1, 0.15) is 0 Å². The highest BCUT2D eigenvalue weighted by Crippen LogP contribution is 2.43. The normalized spacial score (nSPS) is 21.2. The standard InChI is InChI=1S/C46H66F4O3/c1-5-9-11-13-33-15-19-35(20-16-33)37(39-23-25-41(52-29-7-3)45(49)43(39)47)27-31-51-32-28-38(36-21-17-34(18-22-36)14-12-10-6-2)40-24-26-42(53-30-8-4)46(50)44(40)48/h23-28,33-36H,5-22,29-32H2,1-4H3/t33-,34-,35-,36-. The molecule has 2 aromatic carbocycles. The summed E-state index contributed by atoms with van der Waals surface area (Å²) in [4.78, 5) is 0. The Morgan fingerprint density at radius 3 is 1.28 bits per heavy atom. The Kier molecular flexibility index (Phi) is 18.8. The molecule has 2 saturated carbocycles. The third kappa shape index (κ3) is 12.6. The van der Waals surface area contributed by atoms with Crippen LogP contribution in [0.25, 0.3) is 11.1 Å². The summed E-state index contributed by atoms with van der Waals surface area (Å²) in [5.41, 5.74) is 2.08. The quantitative estimate of drug-likeness (QED) is 0.0888. The van der Waals surface area contributed by atoms with Crippen molar-refractivity contribution >= 4 is 11.1 Å². The van der Waals surface area contributed by atoms with Crippen LogP contribution in [0.4, 0.5) is 17.6 Å². The summed E-state index contributed by atoms with van der Waals surface area (Å²) in [7, 11) is 0. The van der Waals surface area contributed by atoms with Crippen molar-refractivity contribution in [3.63, 3.8) is 0 Å². The Labute approximate surface area is 318 Å². The molecule has 0 N–H and O–H groups in total. The molecular formula is C46H66F4O3. The van der Waals surface area contributed by atoms with Gasteiger partial charge in [-0.05, 0) is 123 Å². The molecule has 2 fully saturated rings. The molecule has 0 unspecified atom stereocenters. The third-order valence-corrected chi connectivity index (χ3v) is 11.5. The van der Waals surface area contributed by atoms with E-state index in [1.807, 2.05) is 26.0 Å². The fraction of sp³-hybridized carbons (Fsp3) is 0.652. The van der Waals surface area contributed by atoms with Crippen molar-refractivity contribution in [1.82, 2.24) is 0 Å². The van der Waals surface area contributed by atoms with Crippen molar-refractivity contribution in [2.24, 2.45) is 23.7 Å². The fourth-order valence-electron chi connectivity index (χ4n) is 8.41. The predicted octanol–water partition coefficient (Wildman–Crippen LogP) is 14.1. The van der Waals surface area contributed by atoms with E-state index in [4.69, 9.17) is 14.2 Å². The molecule has 0 aliphatic heterocycles. The molecule has 4 rings (SSSR count). The highest BCUT2D eigenvalue weighted by Gasteiger charge is 2.29. The Morgan fingerprint density at radius 2 is 0.925 bits per heavy atom. The number of halogens is 4. The first kappa shape index (κ1) is 42.9. The molecule has 7 heteroatoms. The molecule has 0 amide bonds. The molecule has 0 saturated heterocycles. The smallest absolute Gasteiger partial charge is 0.201 e. The van der Waals surface area contributed by atoms with E-state index in [9.17, 15) is 0 Å². The lowest BCUT2D eigenvalue weighted by Crippen LogP contribution is -2.17. The zero-order chi connectivity index (χ0) is 38.0. The maximum Gasteiger partial charge on any atom is 0.201 e. The van der Waals surface area contributed by atoms with Gasteiger partial charge in [0.15, 0.2) is 23.1 Å². The van der Waals surface area contributed by atoms with Crippen molar-refractivity contribution in [2.45, 2.75) is 143 Å². The number of hydrogen-bond donors (Lipinski definition) is 0. The Morgan fingerprint density at radius 1 is 0.528 bits per heavy atom. The van der Waals surface area contributed by atoms with Crippen molar-refractivity contribution in [3.8, 4) is 11.5 Å². The first-order chi connectivity index (χ1) is 25.8. The zero-order valence-corrected chi connectivity index (χ0v) is 33.1. The predicted molar refractivity (Wildman–Crippen MR) is 210 cm³/mol. The highest BCUT2D eigenvalue weighted by atomic mass is 19.2. The van der Waals surface area contributed by atoms with E-state index in [0.29, 0.717) is 37.9 Å². The molecule has 0 spiro atoms. The Balaban J connectivity index is 1.54. The summed E-state index contributed by atoms with van der Waals surface area (Å²) < 4.78 is 79.0. The van der Waals surface area contributed by atoms with Crippen LogP contribution in [-0.4, -0.2) is 26.4 Å². The summed E-state index contributed by atoms with van der Waals surface area (Å²) >= 11 is 0. The van der Waals surface area contributed by atoms with E-state index < -0.39 is 23.3 Å². The first-order valence-corrected chi connectivity index (χ1v) is 21.0. The first-order valence-electron chi connectivity index (χ1n) is 21.0. The molecule has 2 aliphatic rings. The van der Waals surface area contributed by atoms with Gasteiger partial charge in [0.05, 0.1) is 26.4 Å². The lowest BCUT2D eigenvalue weighted by Gasteiger charge is -2.31. The molecule has 0 bridgehead atoms. The molecule has 0 heterocycles. The second-order valence-corrected chi connectivity index (χ2v) is 15.5. The van der Waals surface area contributed by atoms with Gasteiger partial charge in [-0.3, -0.25) is 0 Å². The van der Waals surface area contributed by atoms with Gasteiger partial charge in [0, 0.05) is 11.1 Å². The topological polar surface area (TPSA) is 27.7 Å². The second kappa shape index (κ2) is 23.2. The molecule has 2 aliphatic carbocycles. The minimum absolute atomic E-state index is 0.0652. The van der Waals surface area contributed by atoms with Gasteiger partial charge in [-0.15, -0.1) is 0 Å². The van der Waals surface area contributed by atoms with Crippen molar-refractivity contribution in [3.05, 3.63) is 70.8 Å². The number of hydrogen-bond acceptors (Lipinski definition) is 3. The average molecular weight is 743 g/mol. The number of allylic oxidation sites excluding steroid dienone is 2. The number of benzene rings is 2. The van der Waals surface area contributed by atoms with Crippen LogP contribution in [0.5, 0.6) is 11.5 Å². The Hall–Kier alpha value is -2.80. The lowest BCUT2D eigenvalue weighted by molar-refractivity contribution is 0.193. The summed E-state index contributed by atoms with van der Waals surface area (Å²) in [6.07, 6.45) is 23.0. The van der Waals surface area contributed by atoms with E-state index >= 15 is 17.6 Å². The molecule has 53 heavy (non-hydrogen) atoms. The van der Waals surface area contributed by atoms with Gasteiger partial charge in [-0.25, -0.2) is 8.78 Å². The largest absolute Gasteiger partial charge is 0.490 e. The van der Waals surface area contributed by atoms with Crippen molar-refractivity contribution in [1.29, 1.82) is 0 Å². The van der Waals surface area contributed by atoms with Crippen LogP contribution in [0.2, 0.25) is 0 Å². The molecule has 3 nitrogen and oxygen atoms in total. The Bertz CT molecular complexity index is 1330. The van der Waals surface area contributed by atoms with Crippen LogP contribution in [-0.2, 0) is 4.74 Å². The number of rotatable bonds is 22. The van der Waals surface area contributed by atoms with Crippen LogP contribution in [0, 0.1) is 46.9 Å². The van der Waals surface area contributed by atoms with Crippen molar-refractivity contribution in [2.75, 3.05) is 26.4 Å². The molecule has 296 valence electrons. The summed E-state index contributed by atoms with van der Waals surface area (Å²) in [5, 5.41) is 0. The summed E-state index contributed by atoms with van der Waals surface area (Å²) in [6.45, 7) is 9.30. The molecular weight excluding hydrogens is 676 g/mol. The maximum absolute atomic E-state index is 15.7. The zero-order valence-electron chi connectivity index (χ0n) is 33.1. The minimum Gasteiger partial charge on any atom is -0.490 e. The van der Waals surface area contributed by atoms with E-state index in [-0.39, 0.29) is 47.7 Å². The van der Waals surface area contributed by atoms with Crippen LogP contribution < -0.4 is 9.47 Å². The summed E-state index contributed by atoms with van der Waals surface area (Å²) in [5.74, 6) is -2.26. The third-order valence-electron chi connectivity index (χ3n) is 11.5. The molecule has 0 atom stereocenters. The van der Waals surface area contributed by atoms with Crippen LogP contribution in [0.15, 0.2) is 36.4 Å².